The smallest absolute Gasteiger partial charge is 0.356 e. The average molecular weight is 331 g/mol. The second-order valence-corrected chi connectivity index (χ2v) is 5.74. The fourth-order valence-corrected chi connectivity index (χ4v) is 2.69. The number of H-pyrrole nitrogens is 1. The van der Waals surface area contributed by atoms with Crippen molar-refractivity contribution in [3.8, 4) is 0 Å². The van der Waals surface area contributed by atoms with E-state index in [1.165, 1.54) is 7.11 Å². The van der Waals surface area contributed by atoms with Crippen LogP contribution in [0.3, 0.4) is 0 Å². The molecule has 6 heteroatoms. The van der Waals surface area contributed by atoms with Gasteiger partial charge >= 0.3 is 5.97 Å². The van der Waals surface area contributed by atoms with Gasteiger partial charge in [0.05, 0.1) is 12.8 Å². The highest BCUT2D eigenvalue weighted by atomic mass is 16.5. The molecule has 0 unspecified atom stereocenters. The number of aryl methyl sites for hydroxylation is 1. The summed E-state index contributed by atoms with van der Waals surface area (Å²) in [4.78, 5) is 29.6. The first-order chi connectivity index (χ1) is 11.5. The summed E-state index contributed by atoms with van der Waals surface area (Å²) in [6, 6.07) is 5.78. The maximum atomic E-state index is 12.3. The third-order valence-corrected chi connectivity index (χ3v) is 4.16. The summed E-state index contributed by atoms with van der Waals surface area (Å²) in [5.41, 5.74) is 2.61. The Hall–Kier alpha value is -2.34. The highest BCUT2D eigenvalue weighted by molar-refractivity contribution is 6.11. The van der Waals surface area contributed by atoms with Crippen molar-refractivity contribution in [2.75, 3.05) is 32.1 Å². The van der Waals surface area contributed by atoms with Gasteiger partial charge in [-0.2, -0.15) is 0 Å². The Labute approximate surface area is 142 Å². The van der Waals surface area contributed by atoms with Crippen molar-refractivity contribution in [3.05, 3.63) is 29.5 Å². The van der Waals surface area contributed by atoms with Crippen LogP contribution in [0.15, 0.2) is 18.2 Å². The highest BCUT2D eigenvalue weighted by Crippen LogP contribution is 2.29. The van der Waals surface area contributed by atoms with Crippen molar-refractivity contribution in [1.82, 2.24) is 9.88 Å². The van der Waals surface area contributed by atoms with E-state index in [0.29, 0.717) is 18.7 Å². The van der Waals surface area contributed by atoms with Crippen molar-refractivity contribution in [2.24, 2.45) is 0 Å². The number of benzene rings is 1. The lowest BCUT2D eigenvalue weighted by Gasteiger charge is -2.17. The number of fused-ring (bicyclic) bond motifs is 1. The Morgan fingerprint density at radius 3 is 2.58 bits per heavy atom. The molecule has 0 atom stereocenters. The number of amides is 1. The summed E-state index contributed by atoms with van der Waals surface area (Å²) < 4.78 is 4.82. The maximum Gasteiger partial charge on any atom is 0.356 e. The molecule has 1 amide bonds. The summed E-state index contributed by atoms with van der Waals surface area (Å²) in [5, 5.41) is 3.69. The quantitative estimate of drug-likeness (QED) is 0.765. The Morgan fingerprint density at radius 2 is 1.96 bits per heavy atom. The summed E-state index contributed by atoms with van der Waals surface area (Å²) in [6.45, 7) is 8.61. The number of ether oxygens (including phenoxy) is 1. The van der Waals surface area contributed by atoms with Gasteiger partial charge in [0, 0.05) is 23.9 Å². The van der Waals surface area contributed by atoms with E-state index in [0.717, 1.165) is 29.6 Å². The van der Waals surface area contributed by atoms with Crippen molar-refractivity contribution in [2.45, 2.75) is 27.2 Å². The average Bonchev–Trinajstić information content (AvgIpc) is 2.93. The van der Waals surface area contributed by atoms with Crippen LogP contribution in [0.4, 0.5) is 5.69 Å². The van der Waals surface area contributed by atoms with E-state index in [4.69, 9.17) is 4.74 Å². The van der Waals surface area contributed by atoms with E-state index in [9.17, 15) is 9.59 Å². The number of aromatic nitrogens is 1. The van der Waals surface area contributed by atoms with Gasteiger partial charge in [0.1, 0.15) is 5.69 Å². The van der Waals surface area contributed by atoms with Crippen LogP contribution >= 0.6 is 0 Å². The fourth-order valence-electron chi connectivity index (χ4n) is 2.69. The van der Waals surface area contributed by atoms with Crippen LogP contribution in [0.25, 0.3) is 10.9 Å². The normalized spacial score (nSPS) is 11.0. The Kier molecular flexibility index (Phi) is 5.98. The lowest BCUT2D eigenvalue weighted by atomic mass is 10.1. The molecule has 2 aromatic rings. The number of carbonyl (C=O) groups excluding carboxylic acids is 2. The predicted molar refractivity (Wildman–Crippen MR) is 95.4 cm³/mol. The standard InChI is InChI=1S/C18H25N3O3/c1-5-21(6-2)10-9-15(22)20-16-13-11-12(3)7-8-14(13)19-17(16)18(23)24-4/h7-8,11,19H,5-6,9-10H2,1-4H3,(H,20,22). The molecule has 1 aromatic heterocycles. The number of hydrogen-bond acceptors (Lipinski definition) is 4. The summed E-state index contributed by atoms with van der Waals surface area (Å²) >= 11 is 0. The largest absolute Gasteiger partial charge is 0.464 e. The van der Waals surface area contributed by atoms with Gasteiger partial charge in [-0.25, -0.2) is 4.79 Å². The van der Waals surface area contributed by atoms with Crippen LogP contribution in [-0.2, 0) is 9.53 Å². The van der Waals surface area contributed by atoms with Gasteiger partial charge in [0.15, 0.2) is 0 Å². The number of nitrogens with one attached hydrogen (secondary N) is 2. The van der Waals surface area contributed by atoms with Crippen LogP contribution in [0.5, 0.6) is 0 Å². The van der Waals surface area contributed by atoms with E-state index in [1.807, 2.05) is 25.1 Å². The first-order valence-corrected chi connectivity index (χ1v) is 8.23. The third kappa shape index (κ3) is 3.94. The third-order valence-electron chi connectivity index (χ3n) is 4.16. The van der Waals surface area contributed by atoms with Gasteiger partial charge < -0.3 is 19.9 Å². The van der Waals surface area contributed by atoms with Gasteiger partial charge in [0.25, 0.3) is 0 Å². The molecule has 130 valence electrons. The summed E-state index contributed by atoms with van der Waals surface area (Å²) in [7, 11) is 1.32. The molecule has 2 rings (SSSR count). The fraction of sp³-hybridized carbons (Fsp3) is 0.444. The van der Waals surface area contributed by atoms with E-state index in [2.05, 4.69) is 29.0 Å². The topological polar surface area (TPSA) is 74.4 Å². The zero-order valence-corrected chi connectivity index (χ0v) is 14.7. The number of rotatable bonds is 7. The lowest BCUT2D eigenvalue weighted by Crippen LogP contribution is -2.27. The molecule has 0 aliphatic heterocycles. The molecule has 0 aliphatic carbocycles. The van der Waals surface area contributed by atoms with Crippen molar-refractivity contribution in [1.29, 1.82) is 0 Å². The van der Waals surface area contributed by atoms with Crippen LogP contribution in [0, 0.1) is 6.92 Å². The molecule has 0 saturated heterocycles. The Bertz CT molecular complexity index is 732. The molecule has 0 bridgehead atoms. The molecular formula is C18H25N3O3. The molecule has 1 aromatic carbocycles. The van der Waals surface area contributed by atoms with Crippen molar-refractivity contribution < 1.29 is 14.3 Å². The number of nitrogens with zero attached hydrogens (tertiary/aromatic N) is 1. The predicted octanol–water partition coefficient (Wildman–Crippen LogP) is 2.93. The number of hydrogen-bond donors (Lipinski definition) is 2. The van der Waals surface area contributed by atoms with E-state index in [-0.39, 0.29) is 11.6 Å². The minimum absolute atomic E-state index is 0.116. The zero-order valence-electron chi connectivity index (χ0n) is 14.7. The van der Waals surface area contributed by atoms with Gasteiger partial charge in [-0.1, -0.05) is 25.5 Å². The number of anilines is 1. The minimum atomic E-state index is -0.497. The monoisotopic (exact) mass is 331 g/mol. The molecule has 1 heterocycles. The van der Waals surface area contributed by atoms with Crippen LogP contribution < -0.4 is 5.32 Å². The first-order valence-electron chi connectivity index (χ1n) is 8.23. The number of aromatic amines is 1. The highest BCUT2D eigenvalue weighted by Gasteiger charge is 2.20. The SMILES string of the molecule is CCN(CC)CCC(=O)Nc1c(C(=O)OC)[nH]c2ccc(C)cc12. The molecule has 0 saturated carbocycles. The first kappa shape index (κ1) is 18.0. The van der Waals surface area contributed by atoms with E-state index >= 15 is 0 Å². The van der Waals surface area contributed by atoms with E-state index in [1.54, 1.807) is 0 Å². The van der Waals surface area contributed by atoms with Gasteiger partial charge in [-0.15, -0.1) is 0 Å². The number of methoxy groups -OCH3 is 1. The second kappa shape index (κ2) is 7.97. The molecule has 0 radical (unpaired) electrons. The van der Waals surface area contributed by atoms with Gasteiger partial charge in [0.2, 0.25) is 5.91 Å². The Balaban J connectivity index is 2.27. The molecule has 0 fully saturated rings. The molecule has 0 aliphatic rings. The van der Waals surface area contributed by atoms with Gasteiger partial charge in [-0.05, 0) is 32.1 Å². The summed E-state index contributed by atoms with van der Waals surface area (Å²) in [5.74, 6) is -0.614. The van der Waals surface area contributed by atoms with Crippen LogP contribution in [-0.4, -0.2) is 48.5 Å². The molecule has 6 nitrogen and oxygen atoms in total. The Morgan fingerprint density at radius 1 is 1.25 bits per heavy atom. The molecular weight excluding hydrogens is 306 g/mol. The summed E-state index contributed by atoms with van der Waals surface area (Å²) in [6.07, 6.45) is 0.376. The number of esters is 1. The molecule has 2 N–H and O–H groups in total. The maximum absolute atomic E-state index is 12.3. The number of carbonyl (C=O) groups is 2. The molecule has 24 heavy (non-hydrogen) atoms. The van der Waals surface area contributed by atoms with Crippen LogP contribution in [0.1, 0.15) is 36.3 Å². The van der Waals surface area contributed by atoms with E-state index < -0.39 is 5.97 Å². The molecule has 0 spiro atoms. The van der Waals surface area contributed by atoms with Crippen molar-refractivity contribution >= 4 is 28.5 Å². The lowest BCUT2D eigenvalue weighted by molar-refractivity contribution is -0.116. The van der Waals surface area contributed by atoms with Gasteiger partial charge in [-0.3, -0.25) is 4.79 Å². The van der Waals surface area contributed by atoms with Crippen molar-refractivity contribution in [3.63, 3.8) is 0 Å². The minimum Gasteiger partial charge on any atom is -0.464 e. The zero-order chi connectivity index (χ0) is 17.7. The second-order valence-electron chi connectivity index (χ2n) is 5.74. The van der Waals surface area contributed by atoms with Crippen LogP contribution in [0.2, 0.25) is 0 Å².